The van der Waals surface area contributed by atoms with Crippen LogP contribution in [0.4, 0.5) is 0 Å². The van der Waals surface area contributed by atoms with E-state index in [4.69, 9.17) is 5.26 Å². The van der Waals surface area contributed by atoms with E-state index in [0.717, 1.165) is 30.1 Å². The summed E-state index contributed by atoms with van der Waals surface area (Å²) in [7, 11) is 0. The van der Waals surface area contributed by atoms with E-state index in [0.29, 0.717) is 5.92 Å². The Morgan fingerprint density at radius 2 is 1.83 bits per heavy atom. The van der Waals surface area contributed by atoms with E-state index >= 15 is 0 Å². The average molecular weight is 318 g/mol. The van der Waals surface area contributed by atoms with Gasteiger partial charge in [0, 0.05) is 32.7 Å². The van der Waals surface area contributed by atoms with Crippen LogP contribution in [0.2, 0.25) is 0 Å². The van der Waals surface area contributed by atoms with Gasteiger partial charge in [-0.25, -0.2) is 5.26 Å². The molecule has 4 unspecified atom stereocenters. The minimum absolute atomic E-state index is 0. The first kappa shape index (κ1) is 14.9. The molecule has 0 saturated heterocycles. The molecular formula is C16H23NY-2. The van der Waals surface area contributed by atoms with Gasteiger partial charge >= 0.3 is 0 Å². The van der Waals surface area contributed by atoms with E-state index in [1.807, 2.05) is 6.42 Å². The molecule has 0 bridgehead atoms. The van der Waals surface area contributed by atoms with E-state index < -0.39 is 0 Å². The van der Waals surface area contributed by atoms with Crippen LogP contribution >= 0.6 is 0 Å². The SMILES string of the molecule is N#C[CH-]CC1[CH-][C@H]2CCCC3CCCC(C1)C32.[Y]. The first-order valence-electron chi connectivity index (χ1n) is 7.44. The summed E-state index contributed by atoms with van der Waals surface area (Å²) in [6.07, 6.45) is 15.6. The van der Waals surface area contributed by atoms with Crippen molar-refractivity contribution in [3.63, 3.8) is 0 Å². The van der Waals surface area contributed by atoms with Gasteiger partial charge in [0.25, 0.3) is 0 Å². The molecule has 3 rings (SSSR count). The van der Waals surface area contributed by atoms with Crippen molar-refractivity contribution in [3.05, 3.63) is 12.8 Å². The second-order valence-electron chi connectivity index (χ2n) is 6.38. The monoisotopic (exact) mass is 318 g/mol. The van der Waals surface area contributed by atoms with Gasteiger partial charge in [0.15, 0.2) is 0 Å². The number of nitriles is 1. The molecule has 3 fully saturated rings. The molecular weight excluding hydrogens is 295 g/mol. The smallest absolute Gasteiger partial charge is 0 e. The van der Waals surface area contributed by atoms with Crippen LogP contribution in [-0.2, 0) is 32.7 Å². The molecule has 0 aromatic rings. The maximum absolute atomic E-state index is 8.69. The van der Waals surface area contributed by atoms with Gasteiger partial charge in [-0.15, -0.1) is 6.07 Å². The van der Waals surface area contributed by atoms with Gasteiger partial charge in [0.05, 0.1) is 0 Å². The molecule has 0 aromatic carbocycles. The van der Waals surface area contributed by atoms with Crippen molar-refractivity contribution < 1.29 is 32.7 Å². The quantitative estimate of drug-likeness (QED) is 0.701. The van der Waals surface area contributed by atoms with Gasteiger partial charge in [-0.1, -0.05) is 50.9 Å². The third-order valence-electron chi connectivity index (χ3n) is 5.48. The van der Waals surface area contributed by atoms with Gasteiger partial charge < -0.3 is 6.42 Å². The molecule has 3 aliphatic rings. The molecule has 5 atom stereocenters. The molecule has 2 heteroatoms. The van der Waals surface area contributed by atoms with Crippen molar-refractivity contribution in [2.24, 2.45) is 29.6 Å². The molecule has 0 aliphatic heterocycles. The summed E-state index contributed by atoms with van der Waals surface area (Å²) in [6, 6.07) is 2.20. The van der Waals surface area contributed by atoms with Crippen LogP contribution in [0.5, 0.6) is 0 Å². The standard InChI is InChI=1S/C16H23N.Y/c17-9-3-4-12-10-14-7-1-5-13-6-2-8-15(11-12)16(13)14;/h3,10,12-16H,1-2,4-8,11H2;/q-2;/t12?,13?,14-,15?,16?;/m1./s1. The van der Waals surface area contributed by atoms with Crippen molar-refractivity contribution >= 4 is 0 Å². The van der Waals surface area contributed by atoms with Gasteiger partial charge in [0.2, 0.25) is 0 Å². The minimum Gasteiger partial charge on any atom is -0.324 e. The molecule has 3 aliphatic carbocycles. The molecule has 3 saturated carbocycles. The summed E-state index contributed by atoms with van der Waals surface area (Å²) < 4.78 is 0. The largest absolute Gasteiger partial charge is 0.324 e. The molecule has 0 heterocycles. The molecule has 0 amide bonds. The Kier molecular flexibility index (Phi) is 5.58. The predicted molar refractivity (Wildman–Crippen MR) is 68.6 cm³/mol. The number of rotatable bonds is 2. The van der Waals surface area contributed by atoms with Crippen LogP contribution in [0.15, 0.2) is 0 Å². The Morgan fingerprint density at radius 1 is 1.11 bits per heavy atom. The van der Waals surface area contributed by atoms with E-state index in [2.05, 4.69) is 12.5 Å². The number of nitrogens with zero attached hydrogens (tertiary/aromatic N) is 1. The number of hydrogen-bond donors (Lipinski definition) is 0. The van der Waals surface area contributed by atoms with E-state index in [9.17, 15) is 0 Å². The van der Waals surface area contributed by atoms with Crippen LogP contribution in [0, 0.1) is 53.8 Å². The van der Waals surface area contributed by atoms with E-state index in [1.54, 1.807) is 0 Å². The fourth-order valence-corrected chi connectivity index (χ4v) is 4.95. The normalized spacial score (nSPS) is 42.1. The van der Waals surface area contributed by atoms with Gasteiger partial charge in [0.1, 0.15) is 0 Å². The molecule has 18 heavy (non-hydrogen) atoms. The van der Waals surface area contributed by atoms with Gasteiger partial charge in [-0.3, -0.25) is 6.42 Å². The minimum atomic E-state index is 0. The van der Waals surface area contributed by atoms with E-state index in [-0.39, 0.29) is 32.7 Å². The first-order chi connectivity index (χ1) is 8.38. The second-order valence-corrected chi connectivity index (χ2v) is 6.38. The summed E-state index contributed by atoms with van der Waals surface area (Å²) in [4.78, 5) is 0. The van der Waals surface area contributed by atoms with Crippen LogP contribution in [0.25, 0.3) is 0 Å². The van der Waals surface area contributed by atoms with E-state index in [1.165, 1.54) is 44.9 Å². The van der Waals surface area contributed by atoms with Gasteiger partial charge in [-0.2, -0.15) is 18.3 Å². The van der Waals surface area contributed by atoms with Crippen LogP contribution < -0.4 is 0 Å². The van der Waals surface area contributed by atoms with Crippen LogP contribution in [0.1, 0.15) is 51.4 Å². The molecule has 0 N–H and O–H groups in total. The second kappa shape index (κ2) is 6.76. The molecule has 0 aromatic heterocycles. The molecule has 97 valence electrons. The zero-order chi connectivity index (χ0) is 11.7. The third-order valence-corrected chi connectivity index (χ3v) is 5.48. The Hall–Kier alpha value is 0.464. The maximum Gasteiger partial charge on any atom is 0 e. The first-order valence-corrected chi connectivity index (χ1v) is 7.44. The van der Waals surface area contributed by atoms with Gasteiger partial charge in [-0.05, 0) is 11.8 Å². The molecule has 1 radical (unpaired) electrons. The van der Waals surface area contributed by atoms with Crippen molar-refractivity contribution in [2.45, 2.75) is 51.4 Å². The Labute approximate surface area is 137 Å². The zero-order valence-electron chi connectivity index (χ0n) is 11.2. The molecule has 1 nitrogen and oxygen atoms in total. The van der Waals surface area contributed by atoms with Crippen LogP contribution in [-0.4, -0.2) is 0 Å². The summed E-state index contributed by atoms with van der Waals surface area (Å²) in [5.74, 6) is 4.66. The number of hydrogen-bond acceptors (Lipinski definition) is 1. The summed E-state index contributed by atoms with van der Waals surface area (Å²) in [5, 5.41) is 8.69. The Bertz CT molecular complexity index is 289. The summed E-state index contributed by atoms with van der Waals surface area (Å²) in [5.41, 5.74) is 0. The fourth-order valence-electron chi connectivity index (χ4n) is 4.95. The Morgan fingerprint density at radius 3 is 2.61 bits per heavy atom. The topological polar surface area (TPSA) is 23.8 Å². The van der Waals surface area contributed by atoms with Crippen molar-refractivity contribution in [2.75, 3.05) is 0 Å². The van der Waals surface area contributed by atoms with Crippen molar-refractivity contribution in [1.82, 2.24) is 0 Å². The Balaban J connectivity index is 0.00000120. The maximum atomic E-state index is 8.69. The van der Waals surface area contributed by atoms with Crippen LogP contribution in [0.3, 0.4) is 0 Å². The summed E-state index contributed by atoms with van der Waals surface area (Å²) in [6.45, 7) is 0. The zero-order valence-corrected chi connectivity index (χ0v) is 14.1. The fraction of sp³-hybridized carbons (Fsp3) is 0.812. The third kappa shape index (κ3) is 2.96. The van der Waals surface area contributed by atoms with Crippen molar-refractivity contribution in [1.29, 1.82) is 5.26 Å². The molecule has 0 spiro atoms. The predicted octanol–water partition coefficient (Wildman–Crippen LogP) is 4.16. The summed E-state index contributed by atoms with van der Waals surface area (Å²) >= 11 is 0. The average Bonchev–Trinajstić information content (AvgIpc) is 2.37. The van der Waals surface area contributed by atoms with Crippen molar-refractivity contribution in [3.8, 4) is 6.07 Å².